The molecule has 2 N–H and O–H groups in total. The molecular formula is C6H12FNO2. The molecule has 0 radical (unpaired) electrons. The maximum Gasteiger partial charge on any atom is 0.122 e. The van der Waals surface area contributed by atoms with Crippen molar-refractivity contribution in [1.29, 1.82) is 0 Å². The van der Waals surface area contributed by atoms with Gasteiger partial charge in [0.15, 0.2) is 0 Å². The van der Waals surface area contributed by atoms with Gasteiger partial charge in [-0.1, -0.05) is 6.92 Å². The van der Waals surface area contributed by atoms with Crippen LogP contribution in [-0.2, 0) is 4.79 Å². The average molecular weight is 149 g/mol. The molecule has 0 saturated carbocycles. The van der Waals surface area contributed by atoms with Gasteiger partial charge in [0.05, 0.1) is 12.6 Å². The van der Waals surface area contributed by atoms with Crippen molar-refractivity contribution in [2.75, 3.05) is 6.54 Å². The lowest BCUT2D eigenvalue weighted by Crippen LogP contribution is -2.23. The number of halogens is 1. The summed E-state index contributed by atoms with van der Waals surface area (Å²) in [6.07, 6.45) is 0.271. The van der Waals surface area contributed by atoms with Crippen LogP contribution in [0.4, 0.5) is 4.48 Å². The first kappa shape index (κ1) is 9.52. The SMILES string of the molecule is CC(C=O)C[C@@H](O)CNF. The standard InChI is InChI=1S/C6H12FNO2/c1-5(4-9)2-6(10)3-8-7/h4-6,8,10H,2-3H2,1H3/t5?,6-/m1/s1. The van der Waals surface area contributed by atoms with E-state index in [0.29, 0.717) is 6.42 Å². The molecule has 0 aromatic heterocycles. The van der Waals surface area contributed by atoms with Crippen molar-refractivity contribution in [2.24, 2.45) is 5.92 Å². The second kappa shape index (κ2) is 5.32. The van der Waals surface area contributed by atoms with E-state index in [1.807, 2.05) is 0 Å². The molecular weight excluding hydrogens is 137 g/mol. The van der Waals surface area contributed by atoms with E-state index in [4.69, 9.17) is 5.11 Å². The van der Waals surface area contributed by atoms with Crippen molar-refractivity contribution in [3.8, 4) is 0 Å². The summed E-state index contributed by atoms with van der Waals surface area (Å²) >= 11 is 0. The Hall–Kier alpha value is -0.480. The molecule has 0 fully saturated rings. The fourth-order valence-electron chi connectivity index (χ4n) is 0.657. The van der Waals surface area contributed by atoms with Crippen LogP contribution in [-0.4, -0.2) is 24.0 Å². The highest BCUT2D eigenvalue weighted by molar-refractivity contribution is 5.52. The summed E-state index contributed by atoms with van der Waals surface area (Å²) in [7, 11) is 0. The van der Waals surface area contributed by atoms with E-state index < -0.39 is 6.10 Å². The number of rotatable bonds is 5. The predicted molar refractivity (Wildman–Crippen MR) is 35.0 cm³/mol. The summed E-state index contributed by atoms with van der Waals surface area (Å²) in [6, 6.07) is 0. The van der Waals surface area contributed by atoms with E-state index in [0.717, 1.165) is 6.29 Å². The van der Waals surface area contributed by atoms with Gasteiger partial charge >= 0.3 is 0 Å². The summed E-state index contributed by atoms with van der Waals surface area (Å²) in [5.41, 5.74) is 1.33. The zero-order valence-electron chi connectivity index (χ0n) is 5.88. The summed E-state index contributed by atoms with van der Waals surface area (Å²) in [5.74, 6) is -0.205. The average Bonchev–Trinajstić information content (AvgIpc) is 1.88. The molecule has 10 heavy (non-hydrogen) atoms. The molecule has 0 saturated heterocycles. The first-order valence-electron chi connectivity index (χ1n) is 3.17. The van der Waals surface area contributed by atoms with Crippen LogP contribution < -0.4 is 5.54 Å². The van der Waals surface area contributed by atoms with Gasteiger partial charge in [0.2, 0.25) is 0 Å². The van der Waals surface area contributed by atoms with Crippen LogP contribution in [0, 0.1) is 5.92 Å². The molecule has 2 atom stereocenters. The van der Waals surface area contributed by atoms with Crippen LogP contribution in [0.5, 0.6) is 0 Å². The van der Waals surface area contributed by atoms with Crippen molar-refractivity contribution >= 4 is 6.29 Å². The molecule has 0 aromatic rings. The minimum absolute atomic E-state index is 0.113. The third-order valence-corrected chi connectivity index (χ3v) is 1.19. The van der Waals surface area contributed by atoms with Crippen LogP contribution >= 0.6 is 0 Å². The zero-order chi connectivity index (χ0) is 7.98. The molecule has 3 nitrogen and oxygen atoms in total. The largest absolute Gasteiger partial charge is 0.392 e. The molecule has 0 spiro atoms. The van der Waals surface area contributed by atoms with Gasteiger partial charge in [0.1, 0.15) is 6.29 Å². The van der Waals surface area contributed by atoms with Crippen molar-refractivity contribution in [3.05, 3.63) is 0 Å². The number of aliphatic hydroxyl groups is 1. The fourth-order valence-corrected chi connectivity index (χ4v) is 0.657. The lowest BCUT2D eigenvalue weighted by molar-refractivity contribution is -0.111. The Labute approximate surface area is 59.2 Å². The van der Waals surface area contributed by atoms with Gasteiger partial charge in [0.25, 0.3) is 0 Å². The lowest BCUT2D eigenvalue weighted by Gasteiger charge is -2.09. The monoisotopic (exact) mass is 149 g/mol. The van der Waals surface area contributed by atoms with Crippen LogP contribution in [0.25, 0.3) is 0 Å². The smallest absolute Gasteiger partial charge is 0.122 e. The molecule has 1 unspecified atom stereocenters. The Balaban J connectivity index is 3.36. The van der Waals surface area contributed by atoms with Crippen LogP contribution in [0.15, 0.2) is 0 Å². The number of hydrogen-bond acceptors (Lipinski definition) is 3. The molecule has 0 aromatic carbocycles. The minimum atomic E-state index is -0.773. The van der Waals surface area contributed by atoms with Crippen molar-refractivity contribution in [1.82, 2.24) is 5.54 Å². The molecule has 0 heterocycles. The molecule has 0 aliphatic heterocycles. The van der Waals surface area contributed by atoms with Gasteiger partial charge in [-0.15, -0.1) is 4.48 Å². The maximum atomic E-state index is 11.3. The first-order chi connectivity index (χ1) is 4.70. The zero-order valence-corrected chi connectivity index (χ0v) is 5.88. The normalized spacial score (nSPS) is 16.3. The number of carbonyl (C=O) groups is 1. The Kier molecular flexibility index (Phi) is 5.06. The Morgan fingerprint density at radius 3 is 2.80 bits per heavy atom. The molecule has 0 rings (SSSR count). The number of hydrogen-bond donors (Lipinski definition) is 2. The second-order valence-electron chi connectivity index (χ2n) is 2.34. The molecule has 0 amide bonds. The highest BCUT2D eigenvalue weighted by Crippen LogP contribution is 2.01. The summed E-state index contributed by atoms with van der Waals surface area (Å²) < 4.78 is 11.3. The highest BCUT2D eigenvalue weighted by atomic mass is 19.2. The lowest BCUT2D eigenvalue weighted by atomic mass is 10.1. The van der Waals surface area contributed by atoms with Crippen molar-refractivity contribution in [3.63, 3.8) is 0 Å². The van der Waals surface area contributed by atoms with E-state index in [2.05, 4.69) is 0 Å². The second-order valence-corrected chi connectivity index (χ2v) is 2.34. The predicted octanol–water partition coefficient (Wildman–Crippen LogP) is 0.0465. The number of nitrogens with one attached hydrogen (secondary N) is 1. The number of aliphatic hydroxyl groups excluding tert-OH is 1. The third kappa shape index (κ3) is 4.40. The van der Waals surface area contributed by atoms with E-state index in [-0.39, 0.29) is 12.5 Å². The van der Waals surface area contributed by atoms with Gasteiger partial charge in [0, 0.05) is 5.92 Å². The third-order valence-electron chi connectivity index (χ3n) is 1.19. The Bertz CT molecular complexity index is 99.7. The first-order valence-corrected chi connectivity index (χ1v) is 3.17. The van der Waals surface area contributed by atoms with Crippen LogP contribution in [0.2, 0.25) is 0 Å². The minimum Gasteiger partial charge on any atom is -0.392 e. The van der Waals surface area contributed by atoms with Gasteiger partial charge < -0.3 is 9.90 Å². The van der Waals surface area contributed by atoms with Gasteiger partial charge in [-0.3, -0.25) is 0 Å². The molecule has 60 valence electrons. The molecule has 0 aliphatic carbocycles. The van der Waals surface area contributed by atoms with Crippen LogP contribution in [0.1, 0.15) is 13.3 Å². The number of carbonyl (C=O) groups excluding carboxylic acids is 1. The molecule has 0 bridgehead atoms. The Morgan fingerprint density at radius 1 is 1.80 bits per heavy atom. The molecule has 4 heteroatoms. The fraction of sp³-hybridized carbons (Fsp3) is 0.833. The number of aldehydes is 1. The van der Waals surface area contributed by atoms with Gasteiger partial charge in [-0.05, 0) is 6.42 Å². The van der Waals surface area contributed by atoms with Crippen molar-refractivity contribution in [2.45, 2.75) is 19.4 Å². The quantitative estimate of drug-likeness (QED) is 0.429. The van der Waals surface area contributed by atoms with Gasteiger partial charge in [-0.25, -0.2) is 0 Å². The molecule has 0 aliphatic rings. The van der Waals surface area contributed by atoms with E-state index in [1.165, 1.54) is 5.54 Å². The summed E-state index contributed by atoms with van der Waals surface area (Å²) in [5, 5.41) is 8.89. The van der Waals surface area contributed by atoms with Gasteiger partial charge in [-0.2, -0.15) is 5.54 Å². The topological polar surface area (TPSA) is 49.3 Å². The highest BCUT2D eigenvalue weighted by Gasteiger charge is 2.08. The van der Waals surface area contributed by atoms with E-state index in [1.54, 1.807) is 6.92 Å². The van der Waals surface area contributed by atoms with Crippen molar-refractivity contribution < 1.29 is 14.4 Å². The summed E-state index contributed by atoms with van der Waals surface area (Å²) in [6.45, 7) is 1.56. The van der Waals surface area contributed by atoms with E-state index in [9.17, 15) is 9.28 Å². The summed E-state index contributed by atoms with van der Waals surface area (Å²) in [4.78, 5) is 10.0. The maximum absolute atomic E-state index is 11.3. The van der Waals surface area contributed by atoms with E-state index >= 15 is 0 Å². The van der Waals surface area contributed by atoms with Crippen LogP contribution in [0.3, 0.4) is 0 Å². The Morgan fingerprint density at radius 2 is 2.40 bits per heavy atom.